The number of carbonyl (C=O) groups is 1. The van der Waals surface area contributed by atoms with Crippen LogP contribution in [0.25, 0.3) is 0 Å². The minimum Gasteiger partial charge on any atom is -0.486 e. The van der Waals surface area contributed by atoms with Crippen LogP contribution >= 0.6 is 0 Å². The van der Waals surface area contributed by atoms with Crippen LogP contribution in [0.2, 0.25) is 0 Å². The third-order valence-electron chi connectivity index (χ3n) is 4.41. The number of hydrogen-bond donors (Lipinski definition) is 1. The fraction of sp³-hybridized carbons (Fsp3) is 0.562. The third-order valence-corrected chi connectivity index (χ3v) is 4.41. The summed E-state index contributed by atoms with van der Waals surface area (Å²) in [7, 11) is 0. The first kappa shape index (κ1) is 13.4. The van der Waals surface area contributed by atoms with Crippen LogP contribution in [0, 0.1) is 0 Å². The number of rotatable bonds is 4. The number of ether oxygens (including phenoxy) is 2. The molecule has 0 unspecified atom stereocenters. The molecular formula is C16H20O4. The molecule has 0 aromatic heterocycles. The molecule has 4 nitrogen and oxygen atoms in total. The Balaban J connectivity index is 1.86. The van der Waals surface area contributed by atoms with Crippen LogP contribution in [0.15, 0.2) is 24.3 Å². The first-order chi connectivity index (χ1) is 9.71. The van der Waals surface area contributed by atoms with Crippen molar-refractivity contribution in [3.05, 3.63) is 29.8 Å². The van der Waals surface area contributed by atoms with Crippen molar-refractivity contribution in [3.63, 3.8) is 0 Å². The summed E-state index contributed by atoms with van der Waals surface area (Å²) in [5.74, 6) is 0.0447. The summed E-state index contributed by atoms with van der Waals surface area (Å²) in [6.07, 6.45) is 4.64. The van der Waals surface area contributed by atoms with Gasteiger partial charge in [0.2, 0.25) is 0 Å². The second-order valence-electron chi connectivity index (χ2n) is 5.75. The zero-order valence-electron chi connectivity index (χ0n) is 11.5. The monoisotopic (exact) mass is 276 g/mol. The van der Waals surface area contributed by atoms with E-state index in [1.165, 1.54) is 0 Å². The Morgan fingerprint density at radius 2 is 2.00 bits per heavy atom. The van der Waals surface area contributed by atoms with Gasteiger partial charge in [-0.3, -0.25) is 4.79 Å². The van der Waals surface area contributed by atoms with Crippen LogP contribution in [0.5, 0.6) is 5.75 Å². The first-order valence-corrected chi connectivity index (χ1v) is 7.29. The van der Waals surface area contributed by atoms with Gasteiger partial charge in [-0.05, 0) is 30.5 Å². The summed E-state index contributed by atoms with van der Waals surface area (Å²) in [4.78, 5) is 11.8. The van der Waals surface area contributed by atoms with Gasteiger partial charge < -0.3 is 14.6 Å². The molecule has 1 aliphatic carbocycles. The molecule has 1 saturated heterocycles. The molecule has 0 radical (unpaired) electrons. The van der Waals surface area contributed by atoms with Gasteiger partial charge in [-0.1, -0.05) is 31.4 Å². The maximum Gasteiger partial charge on any atom is 0.314 e. The largest absolute Gasteiger partial charge is 0.486 e. The quantitative estimate of drug-likeness (QED) is 0.918. The molecule has 0 bridgehead atoms. The summed E-state index contributed by atoms with van der Waals surface area (Å²) < 4.78 is 10.9. The fourth-order valence-corrected chi connectivity index (χ4v) is 3.12. The molecule has 0 atom stereocenters. The first-order valence-electron chi connectivity index (χ1n) is 7.29. The van der Waals surface area contributed by atoms with Crippen molar-refractivity contribution in [3.8, 4) is 5.75 Å². The van der Waals surface area contributed by atoms with E-state index in [9.17, 15) is 9.90 Å². The Labute approximate surface area is 118 Å². The van der Waals surface area contributed by atoms with Gasteiger partial charge in [-0.15, -0.1) is 0 Å². The molecule has 1 aliphatic heterocycles. The second kappa shape index (κ2) is 5.44. The highest BCUT2D eigenvalue weighted by molar-refractivity contribution is 5.81. The Morgan fingerprint density at radius 3 is 2.60 bits per heavy atom. The number of hydrogen-bond acceptors (Lipinski definition) is 3. The van der Waals surface area contributed by atoms with E-state index >= 15 is 0 Å². The highest BCUT2D eigenvalue weighted by atomic mass is 16.6. The molecule has 1 N–H and O–H groups in total. The van der Waals surface area contributed by atoms with Gasteiger partial charge in [-0.25, -0.2) is 0 Å². The lowest BCUT2D eigenvalue weighted by Gasteiger charge is -2.34. The van der Waals surface area contributed by atoms with Gasteiger partial charge in [0.1, 0.15) is 11.9 Å². The maximum absolute atomic E-state index is 11.8. The zero-order valence-corrected chi connectivity index (χ0v) is 11.5. The normalized spacial score (nSPS) is 22.0. The van der Waals surface area contributed by atoms with Crippen LogP contribution in [-0.2, 0) is 14.9 Å². The highest BCUT2D eigenvalue weighted by Gasteiger charge is 2.41. The molecule has 1 saturated carbocycles. The molecule has 0 amide bonds. The molecule has 108 valence electrons. The van der Waals surface area contributed by atoms with E-state index in [2.05, 4.69) is 0 Å². The standard InChI is InChI=1S/C16H20O4/c17-15(18)16(7-2-1-3-8-16)12-5-4-6-13(9-12)20-14-10-19-11-14/h4-6,9,14H,1-3,7-8,10-11H2,(H,17,18). The van der Waals surface area contributed by atoms with E-state index < -0.39 is 11.4 Å². The van der Waals surface area contributed by atoms with E-state index in [0.717, 1.165) is 43.4 Å². The Bertz CT molecular complexity index is 487. The van der Waals surface area contributed by atoms with E-state index in [1.54, 1.807) is 0 Å². The predicted octanol–water partition coefficient (Wildman–Crippen LogP) is 2.75. The molecule has 0 spiro atoms. The van der Waals surface area contributed by atoms with Gasteiger partial charge in [-0.2, -0.15) is 0 Å². The molecule has 1 aromatic carbocycles. The summed E-state index contributed by atoms with van der Waals surface area (Å²) in [6.45, 7) is 1.24. The second-order valence-corrected chi connectivity index (χ2v) is 5.75. The van der Waals surface area contributed by atoms with Crippen molar-refractivity contribution in [2.45, 2.75) is 43.6 Å². The van der Waals surface area contributed by atoms with Crippen molar-refractivity contribution >= 4 is 5.97 Å². The van der Waals surface area contributed by atoms with Gasteiger partial charge in [0, 0.05) is 0 Å². The number of aliphatic carboxylic acids is 1. The zero-order chi connectivity index (χ0) is 14.0. The van der Waals surface area contributed by atoms with Gasteiger partial charge in [0.05, 0.1) is 18.6 Å². The minimum absolute atomic E-state index is 0.109. The molecule has 3 rings (SSSR count). The molecule has 2 aliphatic rings. The van der Waals surface area contributed by atoms with Crippen molar-refractivity contribution < 1.29 is 19.4 Å². The molecule has 20 heavy (non-hydrogen) atoms. The molecule has 1 heterocycles. The van der Waals surface area contributed by atoms with E-state index in [4.69, 9.17) is 9.47 Å². The summed E-state index contributed by atoms with van der Waals surface area (Å²) in [5, 5.41) is 9.71. The molecule has 1 aromatic rings. The summed E-state index contributed by atoms with van der Waals surface area (Å²) in [5.41, 5.74) is 0.149. The topological polar surface area (TPSA) is 55.8 Å². The Morgan fingerprint density at radius 1 is 1.25 bits per heavy atom. The summed E-state index contributed by atoms with van der Waals surface area (Å²) >= 11 is 0. The number of carboxylic acid groups (broad SMARTS) is 1. The average molecular weight is 276 g/mol. The Hall–Kier alpha value is -1.55. The van der Waals surface area contributed by atoms with E-state index in [1.807, 2.05) is 24.3 Å². The van der Waals surface area contributed by atoms with E-state index in [-0.39, 0.29) is 6.10 Å². The predicted molar refractivity (Wildman–Crippen MR) is 74.1 cm³/mol. The lowest BCUT2D eigenvalue weighted by molar-refractivity contribution is -0.145. The van der Waals surface area contributed by atoms with Crippen molar-refractivity contribution in [2.24, 2.45) is 0 Å². The van der Waals surface area contributed by atoms with Gasteiger partial charge in [0.25, 0.3) is 0 Å². The van der Waals surface area contributed by atoms with Crippen LogP contribution in [0.1, 0.15) is 37.7 Å². The van der Waals surface area contributed by atoms with Crippen molar-refractivity contribution in [1.29, 1.82) is 0 Å². The van der Waals surface area contributed by atoms with Crippen LogP contribution in [-0.4, -0.2) is 30.4 Å². The van der Waals surface area contributed by atoms with Crippen LogP contribution in [0.3, 0.4) is 0 Å². The lowest BCUT2D eigenvalue weighted by atomic mass is 9.69. The fourth-order valence-electron chi connectivity index (χ4n) is 3.12. The van der Waals surface area contributed by atoms with Gasteiger partial charge >= 0.3 is 5.97 Å². The summed E-state index contributed by atoms with van der Waals surface area (Å²) in [6, 6.07) is 7.60. The number of carboxylic acids is 1. The van der Waals surface area contributed by atoms with Crippen molar-refractivity contribution in [2.75, 3.05) is 13.2 Å². The van der Waals surface area contributed by atoms with Crippen LogP contribution < -0.4 is 4.74 Å². The van der Waals surface area contributed by atoms with Crippen LogP contribution in [0.4, 0.5) is 0 Å². The maximum atomic E-state index is 11.8. The highest BCUT2D eigenvalue weighted by Crippen LogP contribution is 2.40. The SMILES string of the molecule is O=C(O)C1(c2cccc(OC3COC3)c2)CCCCC1. The lowest BCUT2D eigenvalue weighted by Crippen LogP contribution is -2.39. The third kappa shape index (κ3) is 2.40. The smallest absolute Gasteiger partial charge is 0.314 e. The molecule has 2 fully saturated rings. The minimum atomic E-state index is -0.728. The molecular weight excluding hydrogens is 256 g/mol. The number of benzene rings is 1. The van der Waals surface area contributed by atoms with Crippen molar-refractivity contribution in [1.82, 2.24) is 0 Å². The van der Waals surface area contributed by atoms with Gasteiger partial charge in [0.15, 0.2) is 0 Å². The average Bonchev–Trinajstić information content (AvgIpc) is 2.44. The molecule has 4 heteroatoms. The van der Waals surface area contributed by atoms with E-state index in [0.29, 0.717) is 13.2 Å². The Kier molecular flexibility index (Phi) is 3.66.